The van der Waals surface area contributed by atoms with E-state index in [9.17, 15) is 14.0 Å². The maximum absolute atomic E-state index is 13.1. The molecule has 2 N–H and O–H groups in total. The van der Waals surface area contributed by atoms with Crippen molar-refractivity contribution in [1.82, 2.24) is 15.5 Å². The quantitative estimate of drug-likeness (QED) is 0.774. The fourth-order valence-corrected chi connectivity index (χ4v) is 6.94. The first kappa shape index (κ1) is 20.7. The van der Waals surface area contributed by atoms with Gasteiger partial charge in [0.1, 0.15) is 5.82 Å². The van der Waals surface area contributed by atoms with Gasteiger partial charge in [-0.1, -0.05) is 0 Å². The van der Waals surface area contributed by atoms with Crippen molar-refractivity contribution in [1.29, 1.82) is 0 Å². The van der Waals surface area contributed by atoms with Crippen molar-refractivity contribution in [2.75, 3.05) is 31.1 Å². The molecule has 4 saturated carbocycles. The van der Waals surface area contributed by atoms with Crippen molar-refractivity contribution in [2.45, 2.75) is 57.0 Å². The topological polar surface area (TPSA) is 64.7 Å². The third-order valence-electron chi connectivity index (χ3n) is 8.09. The summed E-state index contributed by atoms with van der Waals surface area (Å²) >= 11 is 0. The number of carbonyl (C=O) groups is 2. The fourth-order valence-electron chi connectivity index (χ4n) is 6.94. The van der Waals surface area contributed by atoms with Crippen molar-refractivity contribution < 1.29 is 14.0 Å². The van der Waals surface area contributed by atoms with Crippen LogP contribution in [0.4, 0.5) is 14.9 Å². The summed E-state index contributed by atoms with van der Waals surface area (Å²) in [6.07, 6.45) is 7.18. The molecule has 0 aromatic heterocycles. The highest BCUT2D eigenvalue weighted by atomic mass is 19.1. The van der Waals surface area contributed by atoms with Crippen LogP contribution < -0.4 is 15.5 Å². The van der Waals surface area contributed by atoms with Gasteiger partial charge in [0.25, 0.3) is 0 Å². The molecule has 6 nitrogen and oxygen atoms in total. The minimum atomic E-state index is -0.363. The monoisotopic (exact) mass is 428 g/mol. The van der Waals surface area contributed by atoms with Crippen LogP contribution in [0.3, 0.4) is 0 Å². The molecule has 6 rings (SSSR count). The first-order valence-electron chi connectivity index (χ1n) is 11.8. The van der Waals surface area contributed by atoms with Gasteiger partial charge in [-0.3, -0.25) is 15.0 Å². The van der Waals surface area contributed by atoms with Gasteiger partial charge in [0.15, 0.2) is 0 Å². The van der Waals surface area contributed by atoms with Crippen molar-refractivity contribution in [3.8, 4) is 0 Å². The Kier molecular flexibility index (Phi) is 5.40. The highest BCUT2D eigenvalue weighted by Gasteiger charge is 2.51. The number of nitrogens with one attached hydrogen (secondary N) is 2. The first-order chi connectivity index (χ1) is 14.9. The largest absolute Gasteiger partial charge is 0.369 e. The lowest BCUT2D eigenvalue weighted by molar-refractivity contribution is -0.125. The van der Waals surface area contributed by atoms with Gasteiger partial charge < -0.3 is 10.2 Å². The Morgan fingerprint density at radius 3 is 2.06 bits per heavy atom. The molecule has 5 fully saturated rings. The zero-order valence-corrected chi connectivity index (χ0v) is 18.3. The number of hydrogen-bond acceptors (Lipinski definition) is 4. The molecular formula is C24H33FN4O2. The van der Waals surface area contributed by atoms with E-state index in [-0.39, 0.29) is 29.3 Å². The average molecular weight is 429 g/mol. The number of benzene rings is 1. The van der Waals surface area contributed by atoms with E-state index >= 15 is 0 Å². The maximum Gasteiger partial charge on any atom is 0.321 e. The van der Waals surface area contributed by atoms with Crippen LogP contribution in [-0.2, 0) is 4.79 Å². The minimum Gasteiger partial charge on any atom is -0.369 e. The van der Waals surface area contributed by atoms with E-state index in [0.717, 1.165) is 68.9 Å². The highest BCUT2D eigenvalue weighted by molar-refractivity contribution is 5.97. The second-order valence-electron chi connectivity index (χ2n) is 10.3. The fraction of sp³-hybridized carbons (Fsp3) is 0.667. The van der Waals surface area contributed by atoms with Crippen LogP contribution in [0.15, 0.2) is 24.3 Å². The van der Waals surface area contributed by atoms with Gasteiger partial charge in [-0.2, -0.15) is 0 Å². The maximum atomic E-state index is 13.1. The standard InChI is InChI=1S/C24H33FN4O2/c1-16(28-6-8-29(9-7-28)21-4-2-20(25)3-5-21)22(30)26-23(31)27-24-13-17-10-18(14-24)12-19(11-17)15-24/h2-5,16-19H,6-15H2,1H3,(H2,26,27,30,31)/t16-,17?,18?,19?,24?/m0/s1. The van der Waals surface area contributed by atoms with E-state index in [1.165, 1.54) is 31.4 Å². The Morgan fingerprint density at radius 2 is 1.52 bits per heavy atom. The molecular weight excluding hydrogens is 395 g/mol. The van der Waals surface area contributed by atoms with Gasteiger partial charge >= 0.3 is 6.03 Å². The molecule has 5 aliphatic rings. The van der Waals surface area contributed by atoms with Gasteiger partial charge in [-0.15, -0.1) is 0 Å². The number of urea groups is 1. The van der Waals surface area contributed by atoms with Gasteiger partial charge in [0.2, 0.25) is 5.91 Å². The van der Waals surface area contributed by atoms with E-state index in [4.69, 9.17) is 0 Å². The lowest BCUT2D eigenvalue weighted by Gasteiger charge is -2.56. The smallest absolute Gasteiger partial charge is 0.321 e. The van der Waals surface area contributed by atoms with Crippen LogP contribution in [-0.4, -0.2) is 54.6 Å². The van der Waals surface area contributed by atoms with Crippen LogP contribution in [0.25, 0.3) is 0 Å². The summed E-state index contributed by atoms with van der Waals surface area (Å²) in [5.41, 5.74) is 0.900. The molecule has 0 unspecified atom stereocenters. The van der Waals surface area contributed by atoms with Crippen molar-refractivity contribution >= 4 is 17.6 Å². The minimum absolute atomic E-state index is 0.0941. The first-order valence-corrected chi connectivity index (χ1v) is 11.8. The van der Waals surface area contributed by atoms with Crippen LogP contribution >= 0.6 is 0 Å². The summed E-state index contributed by atoms with van der Waals surface area (Å²) in [7, 11) is 0. The van der Waals surface area contributed by atoms with E-state index in [1.807, 2.05) is 6.92 Å². The number of amides is 3. The molecule has 7 heteroatoms. The van der Waals surface area contributed by atoms with Crippen molar-refractivity contribution in [2.24, 2.45) is 17.8 Å². The second-order valence-corrected chi connectivity index (χ2v) is 10.3. The van der Waals surface area contributed by atoms with Crippen LogP contribution in [0, 0.1) is 23.6 Å². The zero-order valence-electron chi connectivity index (χ0n) is 18.3. The third-order valence-corrected chi connectivity index (χ3v) is 8.09. The van der Waals surface area contributed by atoms with Crippen LogP contribution in [0.1, 0.15) is 45.4 Å². The molecule has 1 aliphatic heterocycles. The SMILES string of the molecule is C[C@@H](C(=O)NC(=O)NC12CC3CC(CC(C3)C1)C2)N1CCN(c2ccc(F)cc2)CC1. The molecule has 1 heterocycles. The molecule has 3 amide bonds. The van der Waals surface area contributed by atoms with Gasteiger partial charge in [0, 0.05) is 37.4 Å². The number of imide groups is 1. The molecule has 31 heavy (non-hydrogen) atoms. The summed E-state index contributed by atoms with van der Waals surface area (Å²) < 4.78 is 13.1. The van der Waals surface area contributed by atoms with Crippen LogP contribution in [0.2, 0.25) is 0 Å². The summed E-state index contributed by atoms with van der Waals surface area (Å²) in [4.78, 5) is 29.7. The number of piperazine rings is 1. The Balaban J connectivity index is 1.11. The number of anilines is 1. The number of carbonyl (C=O) groups excluding carboxylic acids is 2. The van der Waals surface area contributed by atoms with E-state index in [1.54, 1.807) is 12.1 Å². The van der Waals surface area contributed by atoms with Crippen molar-refractivity contribution in [3.63, 3.8) is 0 Å². The van der Waals surface area contributed by atoms with Crippen molar-refractivity contribution in [3.05, 3.63) is 30.1 Å². The number of nitrogens with zero attached hydrogens (tertiary/aromatic N) is 2. The number of rotatable bonds is 4. The summed E-state index contributed by atoms with van der Waals surface area (Å²) in [6.45, 7) is 4.84. The Morgan fingerprint density at radius 1 is 0.968 bits per heavy atom. The molecule has 1 saturated heterocycles. The molecule has 1 aromatic rings. The summed E-state index contributed by atoms with van der Waals surface area (Å²) in [6, 6.07) is 5.83. The third kappa shape index (κ3) is 4.29. The Labute approximate surface area is 183 Å². The number of hydrogen-bond donors (Lipinski definition) is 2. The van der Waals surface area contributed by atoms with Gasteiger partial charge in [-0.05, 0) is 87.5 Å². The predicted octanol–water partition coefficient (Wildman–Crippen LogP) is 3.13. The molecule has 4 bridgehead atoms. The zero-order chi connectivity index (χ0) is 21.6. The van der Waals surface area contributed by atoms with Gasteiger partial charge in [-0.25, -0.2) is 9.18 Å². The lowest BCUT2D eigenvalue weighted by Crippen LogP contribution is -2.63. The van der Waals surface area contributed by atoms with E-state index in [2.05, 4.69) is 20.4 Å². The molecule has 0 radical (unpaired) electrons. The molecule has 4 aliphatic carbocycles. The second kappa shape index (κ2) is 8.08. The number of halogens is 1. The molecule has 168 valence electrons. The van der Waals surface area contributed by atoms with Gasteiger partial charge in [0.05, 0.1) is 6.04 Å². The lowest BCUT2D eigenvalue weighted by atomic mass is 9.53. The summed E-state index contributed by atoms with van der Waals surface area (Å²) in [5.74, 6) is 1.77. The Bertz CT molecular complexity index is 799. The summed E-state index contributed by atoms with van der Waals surface area (Å²) in [5, 5.41) is 5.83. The Hall–Kier alpha value is -2.15. The molecule has 1 aromatic carbocycles. The van der Waals surface area contributed by atoms with Crippen LogP contribution in [0.5, 0.6) is 0 Å². The normalized spacial score (nSPS) is 33.2. The molecule has 1 atom stereocenters. The van der Waals surface area contributed by atoms with E-state index in [0.29, 0.717) is 0 Å². The predicted molar refractivity (Wildman–Crippen MR) is 117 cm³/mol. The average Bonchev–Trinajstić information content (AvgIpc) is 2.72. The van der Waals surface area contributed by atoms with E-state index < -0.39 is 0 Å². The molecule has 0 spiro atoms. The highest BCUT2D eigenvalue weighted by Crippen LogP contribution is 2.55.